The van der Waals surface area contributed by atoms with Gasteiger partial charge in [-0.15, -0.1) is 0 Å². The monoisotopic (exact) mass is 631 g/mol. The highest BCUT2D eigenvalue weighted by atomic mass is 16.5. The number of aliphatic hydroxyl groups excluding tert-OH is 1. The third-order valence-electron chi connectivity index (χ3n) is 7.98. The quantitative estimate of drug-likeness (QED) is 0.103. The van der Waals surface area contributed by atoms with E-state index < -0.39 is 18.1 Å². The van der Waals surface area contributed by atoms with E-state index in [1.54, 1.807) is 6.92 Å². The first-order valence-electron chi connectivity index (χ1n) is 16.3. The topological polar surface area (TPSA) is 102 Å². The molecule has 1 aromatic carbocycles. The van der Waals surface area contributed by atoms with Gasteiger partial charge in [0, 0.05) is 30.9 Å². The zero-order chi connectivity index (χ0) is 34.1. The Morgan fingerprint density at radius 1 is 1.04 bits per heavy atom. The number of alkyl carbamates (subject to hydrolysis) is 1. The van der Waals surface area contributed by atoms with Crippen molar-refractivity contribution in [2.75, 3.05) is 6.61 Å². The van der Waals surface area contributed by atoms with Gasteiger partial charge in [-0.2, -0.15) is 0 Å². The summed E-state index contributed by atoms with van der Waals surface area (Å²) in [6.07, 6.45) is 18.0. The molecule has 0 radical (unpaired) electrons. The third-order valence-corrected chi connectivity index (χ3v) is 7.98. The lowest BCUT2D eigenvalue weighted by Crippen LogP contribution is -2.34. The summed E-state index contributed by atoms with van der Waals surface area (Å²) in [6.45, 7) is 14.2. The van der Waals surface area contributed by atoms with Crippen molar-refractivity contribution in [2.45, 2.75) is 86.5 Å². The van der Waals surface area contributed by atoms with Gasteiger partial charge in [0.2, 0.25) is 0 Å². The highest BCUT2D eigenvalue weighted by Gasteiger charge is 2.29. The minimum Gasteiger partial charge on any atom is -0.455 e. The molecule has 1 heterocycles. The second kappa shape index (κ2) is 20.2. The number of cyclic esters (lactones) is 1. The van der Waals surface area contributed by atoms with Crippen LogP contribution in [-0.2, 0) is 25.6 Å². The third kappa shape index (κ3) is 14.9. The number of benzene rings is 1. The van der Waals surface area contributed by atoms with Crippen LogP contribution in [0, 0.1) is 23.7 Å². The smallest absolute Gasteiger partial charge is 0.407 e. The van der Waals surface area contributed by atoms with Crippen LogP contribution in [0.4, 0.5) is 4.79 Å². The second-order valence-electron chi connectivity index (χ2n) is 12.5. The molecule has 2 rings (SSSR count). The van der Waals surface area contributed by atoms with Gasteiger partial charge in [-0.3, -0.25) is 4.79 Å². The molecule has 250 valence electrons. The standard InChI is InChI=1S/C39H53NO6/c1-27(23-29(3)19-20-35-17-12-18-36(41)46-35)13-11-14-28(2)24-31(5)37(42)33(7)38(43)32(6)25-30(4)21-22-45-39(44)40-26-34-15-9-8-10-16-34/h8-12,14-16,18-21,23-24,27,31-33,35,38,43H,13,17,22,25-26H2,1-7H3,(H,40,44)/b14-11+,20-19+,28-24+,29-23-,30-21+/t27-,31-,32+,33-,35-,38-/m1/s1. The number of nitrogens with one attached hydrogen (secondary N) is 1. The first-order valence-corrected chi connectivity index (χ1v) is 16.3. The molecule has 6 atom stereocenters. The Morgan fingerprint density at radius 3 is 2.43 bits per heavy atom. The van der Waals surface area contributed by atoms with Crippen LogP contribution in [0.15, 0.2) is 102 Å². The fraction of sp³-hybridized carbons (Fsp3) is 0.462. The Balaban J connectivity index is 1.76. The highest BCUT2D eigenvalue weighted by Crippen LogP contribution is 2.24. The first kappa shape index (κ1) is 38.2. The van der Waals surface area contributed by atoms with E-state index in [4.69, 9.17) is 9.47 Å². The average molecular weight is 632 g/mol. The van der Waals surface area contributed by atoms with Crippen molar-refractivity contribution in [3.8, 4) is 0 Å². The maximum Gasteiger partial charge on any atom is 0.407 e. The van der Waals surface area contributed by atoms with Crippen LogP contribution in [0.5, 0.6) is 0 Å². The molecule has 0 spiro atoms. The second-order valence-corrected chi connectivity index (χ2v) is 12.5. The number of rotatable bonds is 17. The number of amides is 1. The Hall–Kier alpha value is -3.97. The molecule has 1 amide bonds. The summed E-state index contributed by atoms with van der Waals surface area (Å²) < 4.78 is 10.5. The number of aliphatic hydroxyl groups is 1. The van der Waals surface area contributed by atoms with Gasteiger partial charge in [0.25, 0.3) is 0 Å². The fourth-order valence-electron chi connectivity index (χ4n) is 5.35. The lowest BCUT2D eigenvalue weighted by atomic mass is 9.83. The molecule has 1 aliphatic heterocycles. The zero-order valence-corrected chi connectivity index (χ0v) is 28.6. The largest absolute Gasteiger partial charge is 0.455 e. The molecule has 0 bridgehead atoms. The van der Waals surface area contributed by atoms with Crippen LogP contribution in [0.1, 0.15) is 73.3 Å². The molecule has 0 saturated heterocycles. The molecule has 0 saturated carbocycles. The molecule has 46 heavy (non-hydrogen) atoms. The predicted molar refractivity (Wildman–Crippen MR) is 185 cm³/mol. The predicted octanol–water partition coefficient (Wildman–Crippen LogP) is 7.99. The van der Waals surface area contributed by atoms with Gasteiger partial charge in [0.05, 0.1) is 6.10 Å². The number of carbonyl (C=O) groups excluding carboxylic acids is 3. The van der Waals surface area contributed by atoms with Crippen LogP contribution in [-0.4, -0.2) is 41.8 Å². The lowest BCUT2D eigenvalue weighted by Gasteiger charge is -2.26. The number of ether oxygens (including phenoxy) is 2. The highest BCUT2D eigenvalue weighted by molar-refractivity contribution is 5.85. The van der Waals surface area contributed by atoms with Crippen LogP contribution in [0.3, 0.4) is 0 Å². The van der Waals surface area contributed by atoms with Gasteiger partial charge in [-0.05, 0) is 63.2 Å². The minimum absolute atomic E-state index is 0.00463. The van der Waals surface area contributed by atoms with E-state index in [2.05, 4.69) is 24.4 Å². The summed E-state index contributed by atoms with van der Waals surface area (Å²) in [4.78, 5) is 36.5. The summed E-state index contributed by atoms with van der Waals surface area (Å²) in [6, 6.07) is 9.61. The molecule has 0 fully saturated rings. The van der Waals surface area contributed by atoms with E-state index in [-0.39, 0.29) is 36.3 Å². The van der Waals surface area contributed by atoms with Gasteiger partial charge in [-0.1, -0.05) is 111 Å². The Bertz CT molecular complexity index is 1320. The normalized spacial score (nSPS) is 19.4. The molecule has 1 aliphatic rings. The summed E-state index contributed by atoms with van der Waals surface area (Å²) in [5.41, 5.74) is 4.09. The van der Waals surface area contributed by atoms with Crippen molar-refractivity contribution in [3.05, 3.63) is 107 Å². The molecule has 0 aromatic heterocycles. The van der Waals surface area contributed by atoms with Gasteiger partial charge in [-0.25, -0.2) is 9.59 Å². The van der Waals surface area contributed by atoms with E-state index in [0.29, 0.717) is 25.3 Å². The van der Waals surface area contributed by atoms with E-state index >= 15 is 0 Å². The lowest BCUT2D eigenvalue weighted by molar-refractivity contribution is -0.141. The number of ketones is 1. The minimum atomic E-state index is -0.788. The van der Waals surface area contributed by atoms with E-state index in [9.17, 15) is 19.5 Å². The van der Waals surface area contributed by atoms with Crippen molar-refractivity contribution >= 4 is 17.8 Å². The maximum atomic E-state index is 13.2. The molecule has 0 aliphatic carbocycles. The SMILES string of the molecule is CC(=C/[C@H](C)C/C=C/C(C)=C/[C@@H](C)C(=O)[C@@H](C)[C@H](O)[C@@H](C)C/C(C)=C/COC(=O)NCc1ccccc1)/C=C/[C@H]1CC=CC(=O)O1. The Kier molecular flexibility index (Phi) is 16.8. The molecule has 7 nitrogen and oxygen atoms in total. The molecular weight excluding hydrogens is 578 g/mol. The fourth-order valence-corrected chi connectivity index (χ4v) is 5.35. The Morgan fingerprint density at radius 2 is 1.74 bits per heavy atom. The summed E-state index contributed by atoms with van der Waals surface area (Å²) in [5.74, 6) is -0.953. The van der Waals surface area contributed by atoms with Gasteiger partial charge in [0.1, 0.15) is 18.5 Å². The first-order chi connectivity index (χ1) is 21.8. The van der Waals surface area contributed by atoms with Gasteiger partial charge < -0.3 is 19.9 Å². The molecule has 0 unspecified atom stereocenters. The number of allylic oxidation sites excluding steroid dienone is 8. The maximum absolute atomic E-state index is 13.2. The van der Waals surface area contributed by atoms with Crippen molar-refractivity contribution < 1.29 is 29.0 Å². The van der Waals surface area contributed by atoms with Crippen molar-refractivity contribution in [1.29, 1.82) is 0 Å². The molecule has 7 heteroatoms. The number of esters is 1. The summed E-state index contributed by atoms with van der Waals surface area (Å²) in [5, 5.41) is 13.7. The molecular formula is C39H53NO6. The van der Waals surface area contributed by atoms with Crippen LogP contribution < -0.4 is 5.32 Å². The van der Waals surface area contributed by atoms with Crippen LogP contribution in [0.25, 0.3) is 0 Å². The van der Waals surface area contributed by atoms with E-state index in [0.717, 1.165) is 28.7 Å². The number of carbonyl (C=O) groups is 3. The van der Waals surface area contributed by atoms with Crippen LogP contribution in [0.2, 0.25) is 0 Å². The summed E-state index contributed by atoms with van der Waals surface area (Å²) >= 11 is 0. The van der Waals surface area contributed by atoms with Gasteiger partial charge in [0.15, 0.2) is 0 Å². The average Bonchev–Trinajstić information content (AvgIpc) is 3.02. The van der Waals surface area contributed by atoms with Crippen molar-refractivity contribution in [1.82, 2.24) is 5.32 Å². The zero-order valence-electron chi connectivity index (χ0n) is 28.6. The number of Topliss-reactive ketones (excluding diaryl/α,β-unsaturated/α-hetero) is 1. The number of hydrogen-bond acceptors (Lipinski definition) is 6. The van der Waals surface area contributed by atoms with E-state index in [1.807, 2.05) is 101 Å². The Labute approximate surface area is 275 Å². The van der Waals surface area contributed by atoms with Crippen molar-refractivity contribution in [3.63, 3.8) is 0 Å². The van der Waals surface area contributed by atoms with Gasteiger partial charge >= 0.3 is 12.1 Å². The molecule has 1 aromatic rings. The van der Waals surface area contributed by atoms with Crippen LogP contribution >= 0.6 is 0 Å². The molecule has 2 N–H and O–H groups in total. The van der Waals surface area contributed by atoms with E-state index in [1.165, 1.54) is 6.08 Å². The van der Waals surface area contributed by atoms with Crippen molar-refractivity contribution in [2.24, 2.45) is 23.7 Å². The number of hydrogen-bond donors (Lipinski definition) is 2. The summed E-state index contributed by atoms with van der Waals surface area (Å²) in [7, 11) is 0.